The van der Waals surface area contributed by atoms with Crippen molar-refractivity contribution in [1.29, 1.82) is 0 Å². The number of nitrogens with one attached hydrogen (secondary N) is 1. The topological polar surface area (TPSA) is 117 Å². The van der Waals surface area contributed by atoms with Crippen molar-refractivity contribution in [1.82, 2.24) is 5.32 Å². The Kier molecular flexibility index (Phi) is 6.59. The number of hydrogen-bond donors (Lipinski definition) is 3. The third-order valence-electron chi connectivity index (χ3n) is 2.71. The summed E-state index contributed by atoms with van der Waals surface area (Å²) in [4.78, 5) is 21.8. The highest BCUT2D eigenvalue weighted by Crippen LogP contribution is 2.05. The average molecular weight is 290 g/mol. The third-order valence-corrected chi connectivity index (χ3v) is 2.71. The van der Waals surface area contributed by atoms with Crippen molar-refractivity contribution >= 4 is 24.4 Å². The van der Waals surface area contributed by atoms with Gasteiger partial charge in [0, 0.05) is 31.7 Å². The van der Waals surface area contributed by atoms with Crippen LogP contribution < -0.4 is 11.1 Å². The van der Waals surface area contributed by atoms with Crippen molar-refractivity contribution in [3.05, 3.63) is 35.4 Å². The van der Waals surface area contributed by atoms with E-state index in [2.05, 4.69) is 22.2 Å². The zero-order valence-corrected chi connectivity index (χ0v) is 11.6. The molecule has 0 aliphatic carbocycles. The second-order valence-corrected chi connectivity index (χ2v) is 4.35. The summed E-state index contributed by atoms with van der Waals surface area (Å²) in [7, 11) is 0. The lowest BCUT2D eigenvalue weighted by atomic mass is 10.1. The number of carboxylic acid groups (broad SMARTS) is 1. The predicted octanol–water partition coefficient (Wildman–Crippen LogP) is 0.879. The average Bonchev–Trinajstić information content (AvgIpc) is 2.45. The van der Waals surface area contributed by atoms with Crippen molar-refractivity contribution < 1.29 is 14.7 Å². The molecule has 1 aromatic rings. The van der Waals surface area contributed by atoms with Crippen molar-refractivity contribution in [2.24, 2.45) is 15.9 Å². The van der Waals surface area contributed by atoms with Gasteiger partial charge in [-0.05, 0) is 12.0 Å². The molecular weight excluding hydrogens is 272 g/mol. The molecule has 1 rings (SSSR count). The number of hydrogen-bond acceptors (Lipinski definition) is 4. The van der Waals surface area contributed by atoms with Crippen LogP contribution in [0.1, 0.15) is 30.4 Å². The molecule has 21 heavy (non-hydrogen) atoms. The van der Waals surface area contributed by atoms with Crippen molar-refractivity contribution in [3.63, 3.8) is 0 Å². The van der Waals surface area contributed by atoms with Gasteiger partial charge in [-0.15, -0.1) is 5.10 Å². The largest absolute Gasteiger partial charge is 0.481 e. The lowest BCUT2D eigenvalue weighted by molar-refractivity contribution is -0.137. The van der Waals surface area contributed by atoms with Gasteiger partial charge in [0.05, 0.1) is 0 Å². The molecule has 0 aliphatic rings. The molecule has 0 bridgehead atoms. The molecule has 0 atom stereocenters. The van der Waals surface area contributed by atoms with Crippen molar-refractivity contribution in [2.45, 2.75) is 25.8 Å². The van der Waals surface area contributed by atoms with E-state index in [0.29, 0.717) is 13.0 Å². The number of aliphatic carboxylic acids is 1. The van der Waals surface area contributed by atoms with Crippen LogP contribution in [-0.4, -0.2) is 29.5 Å². The summed E-state index contributed by atoms with van der Waals surface area (Å²) in [6.45, 7) is 3.60. The number of benzene rings is 1. The maximum absolute atomic E-state index is 11.5. The summed E-state index contributed by atoms with van der Waals surface area (Å²) in [5.74, 6) is -0.793. The van der Waals surface area contributed by atoms with Gasteiger partial charge in [-0.1, -0.05) is 24.3 Å². The fourth-order valence-electron chi connectivity index (χ4n) is 1.62. The Morgan fingerprint density at radius 2 is 1.90 bits per heavy atom. The van der Waals surface area contributed by atoms with Crippen molar-refractivity contribution in [2.75, 3.05) is 0 Å². The predicted molar refractivity (Wildman–Crippen MR) is 80.0 cm³/mol. The van der Waals surface area contributed by atoms with E-state index in [1.165, 1.54) is 0 Å². The molecule has 0 heterocycles. The summed E-state index contributed by atoms with van der Waals surface area (Å²) in [5, 5.41) is 18.2. The van der Waals surface area contributed by atoms with Crippen molar-refractivity contribution in [3.8, 4) is 0 Å². The Morgan fingerprint density at radius 3 is 2.48 bits per heavy atom. The molecule has 0 saturated carbocycles. The number of carboxylic acids is 1. The van der Waals surface area contributed by atoms with Gasteiger partial charge in [-0.3, -0.25) is 9.59 Å². The van der Waals surface area contributed by atoms with E-state index in [4.69, 9.17) is 10.8 Å². The SMILES string of the molecule is C=N/N=C(\N)c1ccc(CNC(=O)CCCC(=O)O)cc1. The number of nitrogens with zero attached hydrogens (tertiary/aromatic N) is 2. The molecule has 0 aromatic heterocycles. The van der Waals surface area contributed by atoms with Gasteiger partial charge < -0.3 is 16.2 Å². The molecule has 7 nitrogen and oxygen atoms in total. The standard InChI is InChI=1S/C14H18N4O3/c1-16-18-14(15)11-7-5-10(6-8-11)9-17-12(19)3-2-4-13(20)21/h5-8H,1-4,9H2,(H2,15,18)(H,17,19)(H,20,21). The second-order valence-electron chi connectivity index (χ2n) is 4.35. The normalized spacial score (nSPS) is 11.0. The van der Waals surface area contributed by atoms with Crippen LogP contribution in [-0.2, 0) is 16.1 Å². The highest BCUT2D eigenvalue weighted by Gasteiger charge is 2.04. The zero-order valence-electron chi connectivity index (χ0n) is 11.6. The minimum absolute atomic E-state index is 0.00192. The highest BCUT2D eigenvalue weighted by molar-refractivity contribution is 5.97. The molecule has 7 heteroatoms. The first-order valence-corrected chi connectivity index (χ1v) is 6.40. The Morgan fingerprint density at radius 1 is 1.24 bits per heavy atom. The minimum Gasteiger partial charge on any atom is -0.481 e. The quantitative estimate of drug-likeness (QED) is 0.374. The zero-order chi connectivity index (χ0) is 15.7. The number of amidine groups is 1. The van der Waals surface area contributed by atoms with E-state index in [-0.39, 0.29) is 24.6 Å². The molecular formula is C14H18N4O3. The molecule has 4 N–H and O–H groups in total. The number of rotatable bonds is 8. The van der Waals surface area contributed by atoms with Gasteiger partial charge in [0.1, 0.15) is 0 Å². The number of amides is 1. The molecule has 0 spiro atoms. The molecule has 0 fully saturated rings. The first-order chi connectivity index (χ1) is 10.0. The van der Waals surface area contributed by atoms with E-state index < -0.39 is 5.97 Å². The molecule has 0 unspecified atom stereocenters. The first kappa shape index (κ1) is 16.4. The summed E-state index contributed by atoms with van der Waals surface area (Å²) >= 11 is 0. The van der Waals surface area contributed by atoms with E-state index >= 15 is 0 Å². The monoisotopic (exact) mass is 290 g/mol. The smallest absolute Gasteiger partial charge is 0.303 e. The van der Waals surface area contributed by atoms with Crippen LogP contribution in [0, 0.1) is 0 Å². The second kappa shape index (κ2) is 8.47. The lowest BCUT2D eigenvalue weighted by Gasteiger charge is -2.06. The van der Waals surface area contributed by atoms with E-state index in [9.17, 15) is 9.59 Å². The first-order valence-electron chi connectivity index (χ1n) is 6.40. The van der Waals surface area contributed by atoms with Crippen LogP contribution in [0.25, 0.3) is 0 Å². The maximum Gasteiger partial charge on any atom is 0.303 e. The van der Waals surface area contributed by atoms with Crippen LogP contribution in [0.15, 0.2) is 34.5 Å². The molecule has 1 aromatic carbocycles. The van der Waals surface area contributed by atoms with E-state index in [1.807, 2.05) is 12.1 Å². The maximum atomic E-state index is 11.5. The Hall–Kier alpha value is -2.70. The van der Waals surface area contributed by atoms with E-state index in [0.717, 1.165) is 11.1 Å². The van der Waals surface area contributed by atoms with Gasteiger partial charge >= 0.3 is 5.97 Å². The summed E-state index contributed by atoms with van der Waals surface area (Å²) in [6.07, 6.45) is 0.536. The molecule has 0 radical (unpaired) electrons. The number of carbonyl (C=O) groups excluding carboxylic acids is 1. The fraction of sp³-hybridized carbons (Fsp3) is 0.286. The van der Waals surface area contributed by atoms with Gasteiger partial charge in [-0.2, -0.15) is 5.10 Å². The minimum atomic E-state index is -0.897. The van der Waals surface area contributed by atoms with E-state index in [1.54, 1.807) is 12.1 Å². The molecule has 0 saturated heterocycles. The third kappa shape index (κ3) is 6.33. The number of carbonyl (C=O) groups is 2. The molecule has 0 aliphatic heterocycles. The fourth-order valence-corrected chi connectivity index (χ4v) is 1.62. The van der Waals surface area contributed by atoms with Gasteiger partial charge in [0.25, 0.3) is 0 Å². The van der Waals surface area contributed by atoms with Gasteiger partial charge in [0.2, 0.25) is 5.91 Å². The molecule has 1 amide bonds. The van der Waals surface area contributed by atoms with Crippen LogP contribution in [0.4, 0.5) is 0 Å². The summed E-state index contributed by atoms with van der Waals surface area (Å²) in [5.41, 5.74) is 7.28. The van der Waals surface area contributed by atoms with Crippen LogP contribution >= 0.6 is 0 Å². The Labute approximate surface area is 122 Å². The lowest BCUT2D eigenvalue weighted by Crippen LogP contribution is -2.22. The Bertz CT molecular complexity index is 538. The van der Waals surface area contributed by atoms with Crippen LogP contribution in [0.5, 0.6) is 0 Å². The van der Waals surface area contributed by atoms with Gasteiger partial charge in [0.15, 0.2) is 5.84 Å². The van der Waals surface area contributed by atoms with Crippen LogP contribution in [0.3, 0.4) is 0 Å². The highest BCUT2D eigenvalue weighted by atomic mass is 16.4. The summed E-state index contributed by atoms with van der Waals surface area (Å²) < 4.78 is 0. The van der Waals surface area contributed by atoms with Crippen LogP contribution in [0.2, 0.25) is 0 Å². The Balaban J connectivity index is 2.42. The van der Waals surface area contributed by atoms with Gasteiger partial charge in [-0.25, -0.2) is 0 Å². The summed E-state index contributed by atoms with van der Waals surface area (Å²) in [6, 6.07) is 7.18. The number of nitrogens with two attached hydrogens (primary N) is 1. The molecule has 112 valence electrons.